The Morgan fingerprint density at radius 1 is 1.26 bits per heavy atom. The minimum absolute atomic E-state index is 0.223. The van der Waals surface area contributed by atoms with Crippen LogP contribution in [-0.2, 0) is 6.42 Å². The summed E-state index contributed by atoms with van der Waals surface area (Å²) in [5.74, 6) is 0.917. The highest BCUT2D eigenvalue weighted by molar-refractivity contribution is 5.86. The van der Waals surface area contributed by atoms with Crippen LogP contribution in [0.25, 0.3) is 11.0 Å². The zero-order chi connectivity index (χ0) is 13.1. The van der Waals surface area contributed by atoms with E-state index < -0.39 is 0 Å². The fraction of sp³-hybridized carbons (Fsp3) is 0.167. The van der Waals surface area contributed by atoms with Crippen LogP contribution in [-0.4, -0.2) is 31.7 Å². The number of nitrogens with zero attached hydrogens (tertiary/aromatic N) is 4. The Kier molecular flexibility index (Phi) is 2.93. The number of nitrogens with two attached hydrogens (primary N) is 1. The summed E-state index contributed by atoms with van der Waals surface area (Å²) < 4.78 is 0. The maximum absolute atomic E-state index is 5.65. The van der Waals surface area contributed by atoms with E-state index in [4.69, 9.17) is 5.73 Å². The smallest absolute Gasteiger partial charge is 0.224 e. The predicted molar refractivity (Wildman–Crippen MR) is 72.5 cm³/mol. The standard InChI is InChI=1S/C12H13N7/c13-12-17-10(9-7-16-19-11(9)18-12)15-5-3-8-2-1-4-14-6-8/h1-2,4,6-7H,3,5H2,(H4,13,15,16,17,18,19). The molecule has 0 unspecified atom stereocenters. The van der Waals surface area contributed by atoms with Crippen molar-refractivity contribution in [3.63, 3.8) is 0 Å². The minimum Gasteiger partial charge on any atom is -0.369 e. The van der Waals surface area contributed by atoms with Gasteiger partial charge in [-0.1, -0.05) is 6.07 Å². The summed E-state index contributed by atoms with van der Waals surface area (Å²) in [5, 5.41) is 10.8. The number of H-pyrrole nitrogens is 1. The lowest BCUT2D eigenvalue weighted by Crippen LogP contribution is -2.08. The Balaban J connectivity index is 1.73. The van der Waals surface area contributed by atoms with E-state index >= 15 is 0 Å². The van der Waals surface area contributed by atoms with Crippen molar-refractivity contribution in [2.24, 2.45) is 0 Å². The van der Waals surface area contributed by atoms with Gasteiger partial charge in [0.15, 0.2) is 5.65 Å². The van der Waals surface area contributed by atoms with Crippen molar-refractivity contribution in [3.05, 3.63) is 36.3 Å². The number of hydrogen-bond donors (Lipinski definition) is 3. The molecule has 3 aromatic heterocycles. The Hall–Kier alpha value is -2.70. The van der Waals surface area contributed by atoms with Crippen LogP contribution in [0.15, 0.2) is 30.7 Å². The fourth-order valence-electron chi connectivity index (χ4n) is 1.86. The van der Waals surface area contributed by atoms with E-state index in [1.807, 2.05) is 18.3 Å². The van der Waals surface area contributed by atoms with E-state index in [9.17, 15) is 0 Å². The van der Waals surface area contributed by atoms with E-state index in [2.05, 4.69) is 30.5 Å². The lowest BCUT2D eigenvalue weighted by atomic mass is 10.2. The third-order valence-electron chi connectivity index (χ3n) is 2.76. The van der Waals surface area contributed by atoms with E-state index in [-0.39, 0.29) is 5.95 Å². The first kappa shape index (κ1) is 11.4. The van der Waals surface area contributed by atoms with Crippen LogP contribution < -0.4 is 11.1 Å². The number of aromatic nitrogens is 5. The second-order valence-corrected chi connectivity index (χ2v) is 4.10. The summed E-state index contributed by atoms with van der Waals surface area (Å²) in [6.07, 6.45) is 6.15. The number of rotatable bonds is 4. The van der Waals surface area contributed by atoms with E-state index in [1.165, 1.54) is 5.56 Å². The molecule has 3 heterocycles. The molecule has 0 saturated carbocycles. The van der Waals surface area contributed by atoms with Gasteiger partial charge in [-0.15, -0.1) is 0 Å². The average Bonchev–Trinajstić information content (AvgIpc) is 2.88. The summed E-state index contributed by atoms with van der Waals surface area (Å²) in [6.45, 7) is 0.739. The molecule has 0 saturated heterocycles. The molecule has 0 fully saturated rings. The summed E-state index contributed by atoms with van der Waals surface area (Å²) in [5.41, 5.74) is 7.45. The van der Waals surface area contributed by atoms with Gasteiger partial charge in [-0.25, -0.2) is 0 Å². The summed E-state index contributed by atoms with van der Waals surface area (Å²) in [7, 11) is 0. The van der Waals surface area contributed by atoms with Crippen LogP contribution in [0.1, 0.15) is 5.56 Å². The van der Waals surface area contributed by atoms with Crippen LogP contribution >= 0.6 is 0 Å². The summed E-state index contributed by atoms with van der Waals surface area (Å²) >= 11 is 0. The number of pyridine rings is 1. The molecule has 4 N–H and O–H groups in total. The highest BCUT2D eigenvalue weighted by Crippen LogP contribution is 2.18. The topological polar surface area (TPSA) is 105 Å². The number of nitrogens with one attached hydrogen (secondary N) is 2. The first-order valence-electron chi connectivity index (χ1n) is 5.92. The SMILES string of the molecule is Nc1nc(NCCc2cccnc2)c2cn[nH]c2n1. The molecular weight excluding hydrogens is 242 g/mol. The van der Waals surface area contributed by atoms with Gasteiger partial charge in [0.25, 0.3) is 0 Å². The average molecular weight is 255 g/mol. The fourth-order valence-corrected chi connectivity index (χ4v) is 1.86. The molecule has 0 radical (unpaired) electrons. The van der Waals surface area contributed by atoms with Crippen molar-refractivity contribution in [1.82, 2.24) is 25.1 Å². The lowest BCUT2D eigenvalue weighted by molar-refractivity contribution is 0.995. The summed E-state index contributed by atoms with van der Waals surface area (Å²) in [4.78, 5) is 12.3. The third-order valence-corrected chi connectivity index (χ3v) is 2.76. The van der Waals surface area contributed by atoms with Gasteiger partial charge in [-0.2, -0.15) is 15.1 Å². The highest BCUT2D eigenvalue weighted by Gasteiger charge is 2.07. The number of anilines is 2. The third kappa shape index (κ3) is 2.44. The number of fused-ring (bicyclic) bond motifs is 1. The minimum atomic E-state index is 0.223. The Bertz CT molecular complexity index is 677. The van der Waals surface area contributed by atoms with Crippen LogP contribution in [0.3, 0.4) is 0 Å². The Morgan fingerprint density at radius 3 is 3.05 bits per heavy atom. The zero-order valence-corrected chi connectivity index (χ0v) is 10.2. The van der Waals surface area contributed by atoms with Gasteiger partial charge < -0.3 is 11.1 Å². The van der Waals surface area contributed by atoms with Crippen molar-refractivity contribution in [3.8, 4) is 0 Å². The molecule has 19 heavy (non-hydrogen) atoms. The van der Waals surface area contributed by atoms with Crippen LogP contribution in [0.4, 0.5) is 11.8 Å². The number of aromatic amines is 1. The van der Waals surface area contributed by atoms with Crippen molar-refractivity contribution in [2.75, 3.05) is 17.6 Å². The van der Waals surface area contributed by atoms with E-state index in [0.717, 1.165) is 18.4 Å². The second kappa shape index (κ2) is 4.89. The molecule has 3 rings (SSSR count). The zero-order valence-electron chi connectivity index (χ0n) is 10.2. The van der Waals surface area contributed by atoms with Gasteiger partial charge in [0.2, 0.25) is 5.95 Å². The Morgan fingerprint density at radius 2 is 2.21 bits per heavy atom. The molecule has 0 aliphatic rings. The van der Waals surface area contributed by atoms with Gasteiger partial charge in [0.1, 0.15) is 5.82 Å². The van der Waals surface area contributed by atoms with Gasteiger partial charge in [-0.05, 0) is 18.1 Å². The second-order valence-electron chi connectivity index (χ2n) is 4.10. The van der Waals surface area contributed by atoms with Crippen molar-refractivity contribution in [1.29, 1.82) is 0 Å². The molecule has 0 aromatic carbocycles. The van der Waals surface area contributed by atoms with Gasteiger partial charge >= 0.3 is 0 Å². The predicted octanol–water partition coefficient (Wildman–Crippen LogP) is 0.985. The quantitative estimate of drug-likeness (QED) is 0.642. The number of hydrogen-bond acceptors (Lipinski definition) is 6. The molecular formula is C12H13N7. The first-order chi connectivity index (χ1) is 9.33. The number of nitrogen functional groups attached to an aromatic ring is 1. The van der Waals surface area contributed by atoms with E-state index in [0.29, 0.717) is 11.5 Å². The molecule has 0 amide bonds. The first-order valence-corrected chi connectivity index (χ1v) is 5.92. The van der Waals surface area contributed by atoms with Gasteiger partial charge in [0.05, 0.1) is 11.6 Å². The van der Waals surface area contributed by atoms with Crippen LogP contribution in [0, 0.1) is 0 Å². The van der Waals surface area contributed by atoms with Crippen molar-refractivity contribution in [2.45, 2.75) is 6.42 Å². The molecule has 0 atom stereocenters. The molecule has 0 aliphatic carbocycles. The van der Waals surface area contributed by atoms with Crippen molar-refractivity contribution >= 4 is 22.8 Å². The molecule has 0 spiro atoms. The monoisotopic (exact) mass is 255 g/mol. The van der Waals surface area contributed by atoms with Crippen molar-refractivity contribution < 1.29 is 0 Å². The Labute approximate surface area is 109 Å². The normalized spacial score (nSPS) is 10.7. The van der Waals surface area contributed by atoms with E-state index in [1.54, 1.807) is 12.4 Å². The molecule has 7 heteroatoms. The molecule has 96 valence electrons. The molecule has 3 aromatic rings. The lowest BCUT2D eigenvalue weighted by Gasteiger charge is -2.06. The maximum atomic E-state index is 5.65. The summed E-state index contributed by atoms with van der Waals surface area (Å²) in [6, 6.07) is 3.96. The largest absolute Gasteiger partial charge is 0.369 e. The van der Waals surface area contributed by atoms with Crippen LogP contribution in [0.5, 0.6) is 0 Å². The van der Waals surface area contributed by atoms with Gasteiger partial charge in [0, 0.05) is 18.9 Å². The van der Waals surface area contributed by atoms with Crippen LogP contribution in [0.2, 0.25) is 0 Å². The molecule has 7 nitrogen and oxygen atoms in total. The molecule has 0 bridgehead atoms. The highest BCUT2D eigenvalue weighted by atomic mass is 15.2. The van der Waals surface area contributed by atoms with Gasteiger partial charge in [-0.3, -0.25) is 10.1 Å². The maximum Gasteiger partial charge on any atom is 0.224 e. The molecule has 0 aliphatic heterocycles.